The zero-order valence-electron chi connectivity index (χ0n) is 25.5. The van der Waals surface area contributed by atoms with Gasteiger partial charge in [0.25, 0.3) is 0 Å². The Labute approximate surface area is 227 Å². The summed E-state index contributed by atoms with van der Waals surface area (Å²) in [4.78, 5) is 2.46. The maximum absolute atomic E-state index is 11.5. The molecule has 0 bridgehead atoms. The SMILES string of the molecule is CCC(CC)OC1OC(C(C)OCC[N+](CC)(CC)CCN(CC)CC)C(C(O)(CC)CC)C(O)C1O. The summed E-state index contributed by atoms with van der Waals surface area (Å²) in [5, 5.41) is 33.6. The fraction of sp³-hybridized carbons (Fsp3) is 1.00. The number of nitrogens with zero attached hydrogens (tertiary/aromatic N) is 2. The zero-order chi connectivity index (χ0) is 28.2. The monoisotopic (exact) mass is 533 g/mol. The van der Waals surface area contributed by atoms with Crippen LogP contribution in [0.3, 0.4) is 0 Å². The minimum absolute atomic E-state index is 0.0747. The van der Waals surface area contributed by atoms with Crippen LogP contribution in [0.15, 0.2) is 0 Å². The first-order valence-corrected chi connectivity index (χ1v) is 15.1. The molecule has 6 unspecified atom stereocenters. The van der Waals surface area contributed by atoms with Gasteiger partial charge in [-0.2, -0.15) is 0 Å². The van der Waals surface area contributed by atoms with E-state index in [0.29, 0.717) is 19.4 Å². The van der Waals surface area contributed by atoms with Gasteiger partial charge in [-0.15, -0.1) is 0 Å². The van der Waals surface area contributed by atoms with Gasteiger partial charge < -0.3 is 34.0 Å². The highest BCUT2D eigenvalue weighted by atomic mass is 16.7. The van der Waals surface area contributed by atoms with E-state index in [-0.39, 0.29) is 12.2 Å². The van der Waals surface area contributed by atoms with Crippen LogP contribution in [0, 0.1) is 5.92 Å². The van der Waals surface area contributed by atoms with Crippen LogP contribution in [0.4, 0.5) is 0 Å². The molecule has 0 aromatic rings. The van der Waals surface area contributed by atoms with E-state index in [2.05, 4.69) is 32.6 Å². The Kier molecular flexibility index (Phi) is 15.7. The molecule has 0 aromatic heterocycles. The predicted molar refractivity (Wildman–Crippen MR) is 149 cm³/mol. The van der Waals surface area contributed by atoms with E-state index in [1.54, 1.807) is 0 Å². The fourth-order valence-electron chi connectivity index (χ4n) is 5.81. The number of hydrogen-bond acceptors (Lipinski definition) is 7. The molecule has 1 aliphatic rings. The molecule has 0 radical (unpaired) electrons. The van der Waals surface area contributed by atoms with Crippen molar-refractivity contribution in [3.63, 3.8) is 0 Å². The summed E-state index contributed by atoms with van der Waals surface area (Å²) in [6, 6.07) is 0. The Balaban J connectivity index is 3.05. The standard InChI is InChI=1S/C29H61N2O6/c1-10-23(11-2)36-28-26(33)25(32)24(29(34,12-3)13-4)27(37-28)22(9)35-21-20-31(16-7,17-8)19-18-30(14-5)15-6/h22-28,32-34H,10-21H2,1-9H3/q+1. The van der Waals surface area contributed by atoms with Crippen molar-refractivity contribution in [2.24, 2.45) is 5.92 Å². The molecule has 1 rings (SSSR count). The maximum Gasteiger partial charge on any atom is 0.186 e. The summed E-state index contributed by atoms with van der Waals surface area (Å²) < 4.78 is 19.8. The van der Waals surface area contributed by atoms with Crippen LogP contribution < -0.4 is 0 Å². The maximum atomic E-state index is 11.5. The third-order valence-corrected chi connectivity index (χ3v) is 9.26. The number of hydrogen-bond donors (Lipinski definition) is 3. The van der Waals surface area contributed by atoms with E-state index in [1.165, 1.54) is 0 Å². The van der Waals surface area contributed by atoms with Crippen LogP contribution in [-0.4, -0.2) is 120 Å². The van der Waals surface area contributed by atoms with Crippen molar-refractivity contribution in [3.05, 3.63) is 0 Å². The highest BCUT2D eigenvalue weighted by Crippen LogP contribution is 2.40. The second-order valence-electron chi connectivity index (χ2n) is 10.9. The first-order valence-electron chi connectivity index (χ1n) is 15.1. The second-order valence-corrected chi connectivity index (χ2v) is 10.9. The molecule has 1 heterocycles. The van der Waals surface area contributed by atoms with E-state index in [1.807, 2.05) is 34.6 Å². The molecule has 1 fully saturated rings. The summed E-state index contributed by atoms with van der Waals surface area (Å²) in [5.74, 6) is -0.687. The van der Waals surface area contributed by atoms with Gasteiger partial charge in [-0.05, 0) is 59.5 Å². The van der Waals surface area contributed by atoms with Crippen molar-refractivity contribution in [2.45, 2.75) is 130 Å². The van der Waals surface area contributed by atoms with Crippen LogP contribution in [0.2, 0.25) is 0 Å². The van der Waals surface area contributed by atoms with Crippen molar-refractivity contribution in [1.29, 1.82) is 0 Å². The topological polar surface area (TPSA) is 91.6 Å². The average molecular weight is 534 g/mol. The molecule has 0 aliphatic carbocycles. The van der Waals surface area contributed by atoms with Gasteiger partial charge in [0.2, 0.25) is 0 Å². The highest BCUT2D eigenvalue weighted by Gasteiger charge is 2.54. The summed E-state index contributed by atoms with van der Waals surface area (Å²) >= 11 is 0. The molecule has 0 amide bonds. The molecule has 6 atom stereocenters. The van der Waals surface area contributed by atoms with Crippen molar-refractivity contribution in [3.8, 4) is 0 Å². The van der Waals surface area contributed by atoms with Crippen LogP contribution in [0.25, 0.3) is 0 Å². The summed E-state index contributed by atoms with van der Waals surface area (Å²) in [6.07, 6.45) is -1.98. The van der Waals surface area contributed by atoms with Crippen molar-refractivity contribution in [1.82, 2.24) is 4.90 Å². The molecule has 222 valence electrons. The minimum Gasteiger partial charge on any atom is -0.390 e. The van der Waals surface area contributed by atoms with Crippen LogP contribution in [-0.2, 0) is 14.2 Å². The predicted octanol–water partition coefficient (Wildman–Crippen LogP) is 3.41. The Bertz CT molecular complexity index is 593. The lowest BCUT2D eigenvalue weighted by molar-refractivity contribution is -0.924. The lowest BCUT2D eigenvalue weighted by atomic mass is 9.72. The van der Waals surface area contributed by atoms with E-state index < -0.39 is 36.1 Å². The van der Waals surface area contributed by atoms with Crippen molar-refractivity contribution in [2.75, 3.05) is 52.4 Å². The highest BCUT2D eigenvalue weighted by molar-refractivity contribution is 5.01. The molecule has 37 heavy (non-hydrogen) atoms. The van der Waals surface area contributed by atoms with Gasteiger partial charge in [0.15, 0.2) is 6.29 Å². The fourth-order valence-corrected chi connectivity index (χ4v) is 5.81. The summed E-state index contributed by atoms with van der Waals surface area (Å²) in [7, 11) is 0. The number of aliphatic hydroxyl groups excluding tert-OH is 2. The zero-order valence-corrected chi connectivity index (χ0v) is 25.5. The van der Waals surface area contributed by atoms with Gasteiger partial charge >= 0.3 is 0 Å². The molecule has 1 aliphatic heterocycles. The third kappa shape index (κ3) is 9.10. The number of quaternary nitrogens is 1. The van der Waals surface area contributed by atoms with Gasteiger partial charge in [-0.1, -0.05) is 41.5 Å². The number of rotatable bonds is 19. The Morgan fingerprint density at radius 3 is 1.92 bits per heavy atom. The molecule has 8 nitrogen and oxygen atoms in total. The van der Waals surface area contributed by atoms with Gasteiger partial charge in [-0.3, -0.25) is 4.90 Å². The Morgan fingerprint density at radius 2 is 1.46 bits per heavy atom. The lowest BCUT2D eigenvalue weighted by Gasteiger charge is -2.50. The Hall–Kier alpha value is -0.320. The van der Waals surface area contributed by atoms with Crippen LogP contribution in [0.5, 0.6) is 0 Å². The summed E-state index contributed by atoms with van der Waals surface area (Å²) in [5.41, 5.74) is -1.18. The molecule has 3 N–H and O–H groups in total. The number of aliphatic hydroxyl groups is 3. The summed E-state index contributed by atoms with van der Waals surface area (Å²) in [6.45, 7) is 26.5. The van der Waals surface area contributed by atoms with Gasteiger partial charge in [0.05, 0.1) is 56.3 Å². The number of likely N-dealkylation sites (N-methyl/N-ethyl adjacent to an activating group) is 2. The molecule has 0 spiro atoms. The van der Waals surface area contributed by atoms with Crippen LogP contribution in [0.1, 0.15) is 88.0 Å². The molecule has 1 saturated heterocycles. The Morgan fingerprint density at radius 1 is 0.892 bits per heavy atom. The minimum atomic E-state index is -1.23. The van der Waals surface area contributed by atoms with Gasteiger partial charge in [0, 0.05) is 12.5 Å². The smallest absolute Gasteiger partial charge is 0.186 e. The van der Waals surface area contributed by atoms with E-state index >= 15 is 0 Å². The molecule has 0 saturated carbocycles. The molecule has 0 aromatic carbocycles. The van der Waals surface area contributed by atoms with Crippen molar-refractivity contribution >= 4 is 0 Å². The lowest BCUT2D eigenvalue weighted by Crippen LogP contribution is -2.65. The van der Waals surface area contributed by atoms with E-state index in [0.717, 1.165) is 63.1 Å². The van der Waals surface area contributed by atoms with Gasteiger partial charge in [-0.25, -0.2) is 0 Å². The van der Waals surface area contributed by atoms with Crippen molar-refractivity contribution < 1.29 is 34.0 Å². The first kappa shape index (κ1) is 34.7. The van der Waals surface area contributed by atoms with Gasteiger partial charge in [0.1, 0.15) is 12.6 Å². The average Bonchev–Trinajstić information content (AvgIpc) is 2.92. The quantitative estimate of drug-likeness (QED) is 0.219. The molecule has 8 heteroatoms. The molecular weight excluding hydrogens is 472 g/mol. The normalized spacial score (nSPS) is 26.3. The largest absolute Gasteiger partial charge is 0.390 e. The van der Waals surface area contributed by atoms with E-state index in [9.17, 15) is 15.3 Å². The third-order valence-electron chi connectivity index (χ3n) is 9.26. The van der Waals surface area contributed by atoms with Crippen LogP contribution >= 0.6 is 0 Å². The van der Waals surface area contributed by atoms with E-state index in [4.69, 9.17) is 14.2 Å². The molecular formula is C29H61N2O6+. The second kappa shape index (κ2) is 16.7. The number of ether oxygens (including phenoxy) is 3. The first-order chi connectivity index (χ1) is 17.5.